The van der Waals surface area contributed by atoms with Gasteiger partial charge in [-0.05, 0) is 32.4 Å². The van der Waals surface area contributed by atoms with Crippen LogP contribution in [0.25, 0.3) is 0 Å². The van der Waals surface area contributed by atoms with Crippen molar-refractivity contribution in [3.8, 4) is 0 Å². The third-order valence-corrected chi connectivity index (χ3v) is 3.40. The molecule has 1 aromatic rings. The molecule has 0 aliphatic rings. The van der Waals surface area contributed by atoms with E-state index < -0.39 is 15.4 Å². The SMILES string of the molecule is CC(C)(N)CCC(=O)Nc1ccc(S(C)(=O)=O)nc1. The van der Waals surface area contributed by atoms with Gasteiger partial charge < -0.3 is 11.1 Å². The lowest BCUT2D eigenvalue weighted by molar-refractivity contribution is -0.116. The summed E-state index contributed by atoms with van der Waals surface area (Å²) in [7, 11) is -3.32. The molecule has 1 amide bonds. The van der Waals surface area contributed by atoms with Gasteiger partial charge in [-0.15, -0.1) is 0 Å². The van der Waals surface area contributed by atoms with Crippen LogP contribution in [0.1, 0.15) is 26.7 Å². The van der Waals surface area contributed by atoms with Gasteiger partial charge in [0, 0.05) is 18.2 Å². The minimum absolute atomic E-state index is 0.0198. The highest BCUT2D eigenvalue weighted by Gasteiger charge is 2.14. The minimum Gasteiger partial charge on any atom is -0.326 e. The highest BCUT2D eigenvalue weighted by Crippen LogP contribution is 2.12. The van der Waals surface area contributed by atoms with Crippen molar-refractivity contribution in [2.45, 2.75) is 37.3 Å². The third kappa shape index (κ3) is 5.80. The Morgan fingerprint density at radius 1 is 1.42 bits per heavy atom. The van der Waals surface area contributed by atoms with Gasteiger partial charge >= 0.3 is 0 Å². The second kappa shape index (κ2) is 5.66. The van der Waals surface area contributed by atoms with Gasteiger partial charge in [-0.2, -0.15) is 0 Å². The number of hydrogen-bond donors (Lipinski definition) is 2. The smallest absolute Gasteiger partial charge is 0.224 e. The van der Waals surface area contributed by atoms with Crippen LogP contribution < -0.4 is 11.1 Å². The number of nitrogens with zero attached hydrogens (tertiary/aromatic N) is 1. The van der Waals surface area contributed by atoms with Gasteiger partial charge in [-0.3, -0.25) is 4.79 Å². The monoisotopic (exact) mass is 285 g/mol. The van der Waals surface area contributed by atoms with Crippen molar-refractivity contribution < 1.29 is 13.2 Å². The number of carbonyl (C=O) groups excluding carboxylic acids is 1. The summed E-state index contributed by atoms with van der Waals surface area (Å²) in [6, 6.07) is 2.87. The number of nitrogens with two attached hydrogens (primary N) is 1. The van der Waals surface area contributed by atoms with Crippen LogP contribution in [0.15, 0.2) is 23.4 Å². The molecule has 1 heterocycles. The molecule has 0 bridgehead atoms. The van der Waals surface area contributed by atoms with Crippen molar-refractivity contribution in [1.82, 2.24) is 4.98 Å². The summed E-state index contributed by atoms with van der Waals surface area (Å²) >= 11 is 0. The molecule has 0 spiro atoms. The fraction of sp³-hybridized carbons (Fsp3) is 0.500. The van der Waals surface area contributed by atoms with Gasteiger partial charge in [-0.1, -0.05) is 0 Å². The molecule has 0 fully saturated rings. The average Bonchev–Trinajstić information content (AvgIpc) is 2.25. The number of amides is 1. The van der Waals surface area contributed by atoms with Gasteiger partial charge in [0.1, 0.15) is 0 Å². The molecule has 3 N–H and O–H groups in total. The Hall–Kier alpha value is -1.47. The lowest BCUT2D eigenvalue weighted by Gasteiger charge is -2.17. The largest absolute Gasteiger partial charge is 0.326 e. The van der Waals surface area contributed by atoms with Gasteiger partial charge in [0.15, 0.2) is 14.9 Å². The van der Waals surface area contributed by atoms with Gasteiger partial charge in [0.05, 0.1) is 11.9 Å². The molecule has 19 heavy (non-hydrogen) atoms. The van der Waals surface area contributed by atoms with Crippen molar-refractivity contribution >= 4 is 21.4 Å². The van der Waals surface area contributed by atoms with Crippen LogP contribution in [0.5, 0.6) is 0 Å². The van der Waals surface area contributed by atoms with Crippen LogP contribution in [0.2, 0.25) is 0 Å². The number of nitrogens with one attached hydrogen (secondary N) is 1. The zero-order valence-electron chi connectivity index (χ0n) is 11.3. The summed E-state index contributed by atoms with van der Waals surface area (Å²) < 4.78 is 22.4. The summed E-state index contributed by atoms with van der Waals surface area (Å²) in [5, 5.41) is 2.62. The number of carbonyl (C=O) groups is 1. The first-order valence-electron chi connectivity index (χ1n) is 5.83. The number of aromatic nitrogens is 1. The first-order chi connectivity index (χ1) is 8.58. The van der Waals surface area contributed by atoms with Crippen LogP contribution in [0, 0.1) is 0 Å². The van der Waals surface area contributed by atoms with Crippen molar-refractivity contribution in [1.29, 1.82) is 0 Å². The Labute approximate surface area is 113 Å². The van der Waals surface area contributed by atoms with Crippen molar-refractivity contribution in [3.05, 3.63) is 18.3 Å². The quantitative estimate of drug-likeness (QED) is 0.838. The minimum atomic E-state index is -3.32. The number of rotatable bonds is 5. The number of hydrogen-bond acceptors (Lipinski definition) is 5. The molecule has 1 aromatic heterocycles. The number of anilines is 1. The number of pyridine rings is 1. The maximum absolute atomic E-state index is 11.6. The van der Waals surface area contributed by atoms with E-state index in [0.29, 0.717) is 18.5 Å². The van der Waals surface area contributed by atoms with E-state index in [1.807, 2.05) is 13.8 Å². The van der Waals surface area contributed by atoms with Crippen LogP contribution in [0.4, 0.5) is 5.69 Å². The Kier molecular flexibility index (Phi) is 4.65. The summed E-state index contributed by atoms with van der Waals surface area (Å²) in [6.07, 6.45) is 3.27. The normalized spacial score (nSPS) is 12.2. The van der Waals surface area contributed by atoms with Crippen molar-refractivity contribution in [3.63, 3.8) is 0 Å². The maximum atomic E-state index is 11.6. The molecule has 7 heteroatoms. The predicted molar refractivity (Wildman–Crippen MR) is 73.5 cm³/mol. The Morgan fingerprint density at radius 2 is 2.05 bits per heavy atom. The zero-order chi connectivity index (χ0) is 14.7. The molecule has 0 aliphatic heterocycles. The van der Waals surface area contributed by atoms with Crippen LogP contribution in [-0.4, -0.2) is 31.1 Å². The summed E-state index contributed by atoms with van der Waals surface area (Å²) in [5.74, 6) is -0.174. The highest BCUT2D eigenvalue weighted by atomic mass is 32.2. The Morgan fingerprint density at radius 3 is 2.47 bits per heavy atom. The molecule has 0 aromatic carbocycles. The van der Waals surface area contributed by atoms with E-state index in [1.54, 1.807) is 0 Å². The van der Waals surface area contributed by atoms with E-state index in [4.69, 9.17) is 5.73 Å². The van der Waals surface area contributed by atoms with Gasteiger partial charge in [0.25, 0.3) is 0 Å². The molecule has 0 unspecified atom stereocenters. The standard InChI is InChI=1S/C12H19N3O3S/c1-12(2,13)7-6-10(16)15-9-4-5-11(14-8-9)19(3,17)18/h4-5,8H,6-7,13H2,1-3H3,(H,15,16). The predicted octanol–water partition coefficient (Wildman–Crippen LogP) is 0.941. The van der Waals surface area contributed by atoms with Crippen LogP contribution in [0.3, 0.4) is 0 Å². The molecule has 0 aliphatic carbocycles. The van der Waals surface area contributed by atoms with Crippen LogP contribution in [-0.2, 0) is 14.6 Å². The lowest BCUT2D eigenvalue weighted by Crippen LogP contribution is -2.33. The summed E-state index contributed by atoms with van der Waals surface area (Å²) in [4.78, 5) is 15.4. The van der Waals surface area contributed by atoms with Gasteiger partial charge in [-0.25, -0.2) is 13.4 Å². The Balaban J connectivity index is 2.61. The van der Waals surface area contributed by atoms with E-state index in [0.717, 1.165) is 6.26 Å². The van der Waals surface area contributed by atoms with Crippen LogP contribution >= 0.6 is 0 Å². The Bertz CT molecular complexity index is 545. The average molecular weight is 285 g/mol. The van der Waals surface area contributed by atoms with E-state index in [-0.39, 0.29) is 10.9 Å². The molecule has 6 nitrogen and oxygen atoms in total. The molecule has 0 radical (unpaired) electrons. The topological polar surface area (TPSA) is 102 Å². The van der Waals surface area contributed by atoms with Gasteiger partial charge in [0.2, 0.25) is 5.91 Å². The molecular weight excluding hydrogens is 266 g/mol. The van der Waals surface area contributed by atoms with E-state index in [1.165, 1.54) is 18.3 Å². The van der Waals surface area contributed by atoms with E-state index >= 15 is 0 Å². The molecule has 1 rings (SSSR count). The molecule has 0 saturated heterocycles. The highest BCUT2D eigenvalue weighted by molar-refractivity contribution is 7.90. The zero-order valence-corrected chi connectivity index (χ0v) is 12.1. The van der Waals surface area contributed by atoms with Crippen molar-refractivity contribution in [2.24, 2.45) is 5.73 Å². The molecule has 0 atom stereocenters. The molecule has 106 valence electrons. The van der Waals surface area contributed by atoms with Crippen molar-refractivity contribution in [2.75, 3.05) is 11.6 Å². The molecular formula is C12H19N3O3S. The fourth-order valence-corrected chi connectivity index (χ4v) is 1.89. The number of sulfone groups is 1. The van der Waals surface area contributed by atoms with E-state index in [2.05, 4.69) is 10.3 Å². The fourth-order valence-electron chi connectivity index (χ4n) is 1.33. The third-order valence-electron chi connectivity index (χ3n) is 2.40. The summed E-state index contributed by atoms with van der Waals surface area (Å²) in [6.45, 7) is 3.70. The second-order valence-electron chi connectivity index (χ2n) is 5.19. The summed E-state index contributed by atoms with van der Waals surface area (Å²) in [5.41, 5.74) is 5.86. The van der Waals surface area contributed by atoms with E-state index in [9.17, 15) is 13.2 Å². The first kappa shape index (κ1) is 15.6. The first-order valence-corrected chi connectivity index (χ1v) is 7.72. The maximum Gasteiger partial charge on any atom is 0.224 e. The lowest BCUT2D eigenvalue weighted by atomic mass is 10.00. The second-order valence-corrected chi connectivity index (χ2v) is 7.16. The molecule has 0 saturated carbocycles.